The van der Waals surface area contributed by atoms with E-state index in [1.54, 1.807) is 17.0 Å². The van der Waals surface area contributed by atoms with Gasteiger partial charge in [-0.15, -0.1) is 0 Å². The first-order valence-corrected chi connectivity index (χ1v) is 17.2. The van der Waals surface area contributed by atoms with Crippen molar-refractivity contribution in [2.75, 3.05) is 51.1 Å². The number of hydrogen-bond donors (Lipinski definition) is 1. The minimum atomic E-state index is -0.964. The van der Waals surface area contributed by atoms with Crippen LogP contribution in [0.2, 0.25) is 10.0 Å². The van der Waals surface area contributed by atoms with E-state index in [0.717, 1.165) is 49.2 Å². The lowest BCUT2D eigenvalue weighted by Crippen LogP contribution is -2.53. The Morgan fingerprint density at radius 3 is 2.24 bits per heavy atom. The van der Waals surface area contributed by atoms with Crippen LogP contribution in [0.3, 0.4) is 0 Å². The maximum Gasteiger partial charge on any atom is 0.410 e. The molecule has 0 aliphatic carbocycles. The number of amides is 4. The summed E-state index contributed by atoms with van der Waals surface area (Å²) >= 11 is 12.4. The highest BCUT2D eigenvalue weighted by Crippen LogP contribution is 2.27. The van der Waals surface area contributed by atoms with Crippen LogP contribution in [0.1, 0.15) is 56.1 Å². The van der Waals surface area contributed by atoms with E-state index in [0.29, 0.717) is 61.7 Å². The molecule has 6 rings (SSSR count). The summed E-state index contributed by atoms with van der Waals surface area (Å²) in [5.41, 5.74) is 2.77. The number of halogens is 2. The third kappa shape index (κ3) is 7.69. The van der Waals surface area contributed by atoms with E-state index in [4.69, 9.17) is 27.9 Å². The third-order valence-corrected chi connectivity index (χ3v) is 10.7. The minimum Gasteiger partial charge on any atom is -0.436 e. The summed E-state index contributed by atoms with van der Waals surface area (Å²) in [5, 5.41) is 3.88. The fraction of sp³-hybridized carbons (Fsp3) is 0.559. The number of para-hydroxylation sites is 1. The van der Waals surface area contributed by atoms with E-state index in [9.17, 15) is 14.4 Å². The summed E-state index contributed by atoms with van der Waals surface area (Å²) in [6.07, 6.45) is 6.50. The van der Waals surface area contributed by atoms with Crippen LogP contribution in [-0.2, 0) is 22.4 Å². The Bertz CT molecular complexity index is 1370. The van der Waals surface area contributed by atoms with Crippen molar-refractivity contribution in [1.82, 2.24) is 19.6 Å². The van der Waals surface area contributed by atoms with Gasteiger partial charge in [0.2, 0.25) is 0 Å². The van der Waals surface area contributed by atoms with Crippen molar-refractivity contribution in [2.24, 2.45) is 0 Å². The highest BCUT2D eigenvalue weighted by Gasteiger charge is 2.36. The molecule has 3 fully saturated rings. The van der Waals surface area contributed by atoms with Gasteiger partial charge < -0.3 is 29.7 Å². The van der Waals surface area contributed by atoms with Crippen molar-refractivity contribution in [3.63, 3.8) is 0 Å². The van der Waals surface area contributed by atoms with Gasteiger partial charge in [-0.05, 0) is 87.4 Å². The minimum absolute atomic E-state index is 0.0261. The maximum atomic E-state index is 13.9. The van der Waals surface area contributed by atoms with Crippen molar-refractivity contribution in [3.8, 4) is 0 Å². The summed E-state index contributed by atoms with van der Waals surface area (Å²) in [6.45, 7) is 5.13. The number of anilines is 1. The van der Waals surface area contributed by atoms with Crippen LogP contribution < -0.4 is 5.32 Å². The molecule has 0 radical (unpaired) electrons. The Labute approximate surface area is 275 Å². The first-order valence-electron chi connectivity index (χ1n) is 16.4. The predicted octanol–water partition coefficient (Wildman–Crippen LogP) is 6.07. The van der Waals surface area contributed by atoms with Gasteiger partial charge in [0.1, 0.15) is 0 Å². The SMILES string of the molecule is O=C(O[C@H](Cc1ccc(Cl)c(Cl)c1)C(=O)N1CCC(N2CCCCC2)CC1)N1CCC(N2CCc3ccccc3NC2=O)CC1. The number of nitrogens with zero attached hydrogens (tertiary/aromatic N) is 4. The van der Waals surface area contributed by atoms with Crippen molar-refractivity contribution >= 4 is 46.9 Å². The fourth-order valence-electron chi connectivity index (χ4n) is 7.29. The van der Waals surface area contributed by atoms with Gasteiger partial charge in [0.15, 0.2) is 6.10 Å². The lowest BCUT2D eigenvalue weighted by atomic mass is 9.99. The first-order chi connectivity index (χ1) is 21.9. The lowest BCUT2D eigenvalue weighted by molar-refractivity contribution is -0.142. The monoisotopic (exact) mass is 655 g/mol. The number of carbonyl (C=O) groups excluding carboxylic acids is 3. The number of urea groups is 1. The van der Waals surface area contributed by atoms with Gasteiger partial charge in [-0.3, -0.25) is 4.79 Å². The molecule has 0 bridgehead atoms. The average molecular weight is 657 g/mol. The van der Waals surface area contributed by atoms with Crippen LogP contribution >= 0.6 is 23.2 Å². The Morgan fingerprint density at radius 2 is 1.51 bits per heavy atom. The molecule has 242 valence electrons. The predicted molar refractivity (Wildman–Crippen MR) is 176 cm³/mol. The van der Waals surface area contributed by atoms with Crippen molar-refractivity contribution < 1.29 is 19.1 Å². The summed E-state index contributed by atoms with van der Waals surface area (Å²) in [6, 6.07) is 13.6. The quantitative estimate of drug-likeness (QED) is 0.408. The summed E-state index contributed by atoms with van der Waals surface area (Å²) in [5.74, 6) is -0.165. The highest BCUT2D eigenvalue weighted by molar-refractivity contribution is 6.42. The van der Waals surface area contributed by atoms with E-state index in [1.165, 1.54) is 19.3 Å². The maximum absolute atomic E-state index is 13.9. The van der Waals surface area contributed by atoms with Gasteiger partial charge in [0.05, 0.1) is 10.0 Å². The summed E-state index contributed by atoms with van der Waals surface area (Å²) < 4.78 is 6.00. The summed E-state index contributed by atoms with van der Waals surface area (Å²) in [7, 11) is 0. The van der Waals surface area contributed by atoms with E-state index < -0.39 is 12.2 Å². The zero-order valence-corrected chi connectivity index (χ0v) is 27.3. The fourth-order valence-corrected chi connectivity index (χ4v) is 7.61. The van der Waals surface area contributed by atoms with Crippen molar-refractivity contribution in [2.45, 2.75) is 76.0 Å². The van der Waals surface area contributed by atoms with E-state index >= 15 is 0 Å². The van der Waals surface area contributed by atoms with Crippen molar-refractivity contribution in [1.29, 1.82) is 0 Å². The van der Waals surface area contributed by atoms with E-state index in [-0.39, 0.29) is 24.4 Å². The molecule has 45 heavy (non-hydrogen) atoms. The second kappa shape index (κ2) is 14.6. The van der Waals surface area contributed by atoms with Gasteiger partial charge >= 0.3 is 12.1 Å². The van der Waals surface area contributed by atoms with Gasteiger partial charge in [0, 0.05) is 56.9 Å². The molecule has 4 aliphatic heterocycles. The molecule has 0 unspecified atom stereocenters. The number of rotatable bonds is 6. The number of carbonyl (C=O) groups is 3. The zero-order valence-electron chi connectivity index (χ0n) is 25.8. The molecule has 1 atom stereocenters. The lowest BCUT2D eigenvalue weighted by Gasteiger charge is -2.41. The van der Waals surface area contributed by atoms with Crippen LogP contribution in [0.4, 0.5) is 15.3 Å². The zero-order chi connectivity index (χ0) is 31.3. The van der Waals surface area contributed by atoms with Gasteiger partial charge in [-0.2, -0.15) is 0 Å². The molecule has 3 saturated heterocycles. The van der Waals surface area contributed by atoms with Crippen LogP contribution in [0, 0.1) is 0 Å². The van der Waals surface area contributed by atoms with Gasteiger partial charge in [-0.1, -0.05) is 53.9 Å². The number of nitrogens with one attached hydrogen (secondary N) is 1. The number of hydrogen-bond acceptors (Lipinski definition) is 5. The number of piperidine rings is 3. The van der Waals surface area contributed by atoms with Gasteiger partial charge in [-0.25, -0.2) is 9.59 Å². The topological polar surface area (TPSA) is 85.4 Å². The van der Waals surface area contributed by atoms with Crippen LogP contribution in [0.25, 0.3) is 0 Å². The largest absolute Gasteiger partial charge is 0.436 e. The number of fused-ring (bicyclic) bond motifs is 1. The number of likely N-dealkylation sites (tertiary alicyclic amines) is 3. The third-order valence-electron chi connectivity index (χ3n) is 9.91. The molecular weight excluding hydrogens is 613 g/mol. The summed E-state index contributed by atoms with van der Waals surface area (Å²) in [4.78, 5) is 48.4. The molecular formula is C34H43Cl2N5O4. The molecule has 0 aromatic heterocycles. The smallest absolute Gasteiger partial charge is 0.410 e. The Hall–Kier alpha value is -3.01. The Balaban J connectivity index is 1.07. The molecule has 4 aliphatic rings. The standard InChI is InChI=1S/C34H43Cl2N5O4/c35-28-9-8-24(22-29(28)36)23-31(32(42)39-17-11-26(12-18-39)38-15-4-1-5-16-38)45-34(44)40-19-13-27(14-20-40)41-21-10-25-6-2-3-7-30(25)37-33(41)43/h2-3,6-9,22,26-27,31H,1,4-5,10-21,23H2,(H,37,43)/t31-/m1/s1. The molecule has 1 N–H and O–H groups in total. The van der Waals surface area contributed by atoms with Crippen LogP contribution in [0.5, 0.6) is 0 Å². The first kappa shape index (κ1) is 32.0. The highest BCUT2D eigenvalue weighted by atomic mass is 35.5. The second-order valence-electron chi connectivity index (χ2n) is 12.7. The Kier molecular flexibility index (Phi) is 10.4. The van der Waals surface area contributed by atoms with Crippen LogP contribution in [-0.4, -0.2) is 102 Å². The van der Waals surface area contributed by atoms with E-state index in [2.05, 4.69) is 10.2 Å². The van der Waals surface area contributed by atoms with Crippen LogP contribution in [0.15, 0.2) is 42.5 Å². The number of ether oxygens (including phenoxy) is 1. The van der Waals surface area contributed by atoms with Gasteiger partial charge in [0.25, 0.3) is 5.91 Å². The molecule has 2 aromatic carbocycles. The molecule has 9 nitrogen and oxygen atoms in total. The number of benzene rings is 2. The van der Waals surface area contributed by atoms with E-state index in [1.807, 2.05) is 40.1 Å². The molecule has 0 spiro atoms. The Morgan fingerprint density at radius 1 is 0.822 bits per heavy atom. The molecule has 11 heteroatoms. The van der Waals surface area contributed by atoms with Crippen molar-refractivity contribution in [3.05, 3.63) is 63.6 Å². The molecule has 4 amide bonds. The molecule has 4 heterocycles. The molecule has 2 aromatic rings. The average Bonchev–Trinajstić information content (AvgIpc) is 3.24. The second-order valence-corrected chi connectivity index (χ2v) is 13.5. The molecule has 0 saturated carbocycles. The normalized spacial score (nSPS) is 21.1.